The normalized spacial score (nSPS) is 11.0. The van der Waals surface area contributed by atoms with Gasteiger partial charge < -0.3 is 19.0 Å². The fourth-order valence-electron chi connectivity index (χ4n) is 3.09. The van der Waals surface area contributed by atoms with Crippen molar-refractivity contribution in [1.82, 2.24) is 14.8 Å². The van der Waals surface area contributed by atoms with Gasteiger partial charge in [0, 0.05) is 11.4 Å². The Morgan fingerprint density at radius 3 is 2.68 bits per heavy atom. The molecule has 3 aromatic heterocycles. The van der Waals surface area contributed by atoms with E-state index in [9.17, 15) is 9.59 Å². The number of hydrogen-bond acceptors (Lipinski definition) is 8. The lowest BCUT2D eigenvalue weighted by molar-refractivity contribution is -0.113. The highest BCUT2D eigenvalue weighted by Crippen LogP contribution is 2.33. The number of carbonyl (C=O) groups is 2. The van der Waals surface area contributed by atoms with Crippen molar-refractivity contribution in [2.45, 2.75) is 52.7 Å². The monoisotopic (exact) mass is 462 g/mol. The molecule has 3 rings (SSSR count). The van der Waals surface area contributed by atoms with Crippen LogP contribution in [0, 0.1) is 20.8 Å². The number of rotatable bonds is 9. The SMILES string of the molecule is CCCn1c(SCC(=O)Nc2sc(C)c(C)c2C(=O)OCC)nnc1-c1ccoc1C. The molecule has 0 aliphatic carbocycles. The van der Waals surface area contributed by atoms with E-state index in [2.05, 4.69) is 22.4 Å². The molecule has 0 atom stereocenters. The zero-order chi connectivity index (χ0) is 22.5. The topological polar surface area (TPSA) is 99.2 Å². The Morgan fingerprint density at radius 1 is 1.26 bits per heavy atom. The van der Waals surface area contributed by atoms with E-state index in [0.717, 1.165) is 40.6 Å². The molecule has 8 nitrogen and oxygen atoms in total. The molecule has 3 aromatic rings. The first kappa shape index (κ1) is 23.1. The first-order valence-electron chi connectivity index (χ1n) is 10.0. The van der Waals surface area contributed by atoms with Crippen LogP contribution in [0.4, 0.5) is 5.00 Å². The molecule has 0 saturated carbocycles. The number of thiophene rings is 1. The predicted molar refractivity (Wildman–Crippen MR) is 122 cm³/mol. The highest BCUT2D eigenvalue weighted by atomic mass is 32.2. The lowest BCUT2D eigenvalue weighted by Gasteiger charge is -2.09. The lowest BCUT2D eigenvalue weighted by Crippen LogP contribution is -2.17. The van der Waals surface area contributed by atoms with Gasteiger partial charge in [0.25, 0.3) is 0 Å². The number of ether oxygens (including phenoxy) is 1. The molecule has 0 aromatic carbocycles. The van der Waals surface area contributed by atoms with Crippen LogP contribution < -0.4 is 5.32 Å². The van der Waals surface area contributed by atoms with Crippen molar-refractivity contribution in [2.75, 3.05) is 17.7 Å². The van der Waals surface area contributed by atoms with Gasteiger partial charge in [0.05, 0.1) is 29.7 Å². The minimum absolute atomic E-state index is 0.143. The van der Waals surface area contributed by atoms with Crippen LogP contribution in [-0.4, -0.2) is 39.0 Å². The minimum atomic E-state index is -0.421. The van der Waals surface area contributed by atoms with Gasteiger partial charge in [0.15, 0.2) is 11.0 Å². The van der Waals surface area contributed by atoms with Gasteiger partial charge in [-0.2, -0.15) is 0 Å². The van der Waals surface area contributed by atoms with E-state index < -0.39 is 5.97 Å². The number of nitrogens with one attached hydrogen (secondary N) is 1. The Bertz CT molecular complexity index is 1080. The molecule has 0 aliphatic heterocycles. The van der Waals surface area contributed by atoms with Gasteiger partial charge in [0.1, 0.15) is 10.8 Å². The maximum Gasteiger partial charge on any atom is 0.341 e. The van der Waals surface area contributed by atoms with E-state index in [0.29, 0.717) is 15.7 Å². The summed E-state index contributed by atoms with van der Waals surface area (Å²) in [5, 5.41) is 12.6. The summed E-state index contributed by atoms with van der Waals surface area (Å²) < 4.78 is 12.5. The highest BCUT2D eigenvalue weighted by molar-refractivity contribution is 7.99. The molecule has 1 amide bonds. The van der Waals surface area contributed by atoms with Crippen LogP contribution in [0.25, 0.3) is 11.4 Å². The smallest absolute Gasteiger partial charge is 0.341 e. The second-order valence-electron chi connectivity index (χ2n) is 6.89. The molecular weight excluding hydrogens is 436 g/mol. The van der Waals surface area contributed by atoms with Crippen LogP contribution in [0.2, 0.25) is 0 Å². The van der Waals surface area contributed by atoms with Crippen molar-refractivity contribution in [1.29, 1.82) is 0 Å². The molecule has 3 heterocycles. The van der Waals surface area contributed by atoms with Crippen molar-refractivity contribution in [3.05, 3.63) is 34.1 Å². The predicted octanol–water partition coefficient (Wildman–Crippen LogP) is 4.84. The molecule has 0 aliphatic rings. The van der Waals surface area contributed by atoms with E-state index >= 15 is 0 Å². The van der Waals surface area contributed by atoms with Crippen molar-refractivity contribution in [2.24, 2.45) is 0 Å². The van der Waals surface area contributed by atoms with Crippen LogP contribution >= 0.6 is 23.1 Å². The third-order valence-electron chi connectivity index (χ3n) is 4.71. The van der Waals surface area contributed by atoms with Gasteiger partial charge in [-0.3, -0.25) is 4.79 Å². The largest absolute Gasteiger partial charge is 0.469 e. The number of amides is 1. The van der Waals surface area contributed by atoms with E-state index in [1.165, 1.54) is 23.1 Å². The Balaban J connectivity index is 1.74. The Kier molecular flexibility index (Phi) is 7.55. The molecule has 0 unspecified atom stereocenters. The fraction of sp³-hybridized carbons (Fsp3) is 0.429. The van der Waals surface area contributed by atoms with Crippen molar-refractivity contribution >= 4 is 40.0 Å². The average Bonchev–Trinajstić information content (AvgIpc) is 3.39. The molecule has 166 valence electrons. The summed E-state index contributed by atoms with van der Waals surface area (Å²) in [6.45, 7) is 10.5. The summed E-state index contributed by atoms with van der Waals surface area (Å²) >= 11 is 2.68. The summed E-state index contributed by atoms with van der Waals surface area (Å²) in [7, 11) is 0. The van der Waals surface area contributed by atoms with E-state index in [1.54, 1.807) is 13.2 Å². The first-order valence-corrected chi connectivity index (χ1v) is 11.8. The second kappa shape index (κ2) is 10.1. The van der Waals surface area contributed by atoms with E-state index in [-0.39, 0.29) is 18.3 Å². The average molecular weight is 463 g/mol. The minimum Gasteiger partial charge on any atom is -0.469 e. The zero-order valence-electron chi connectivity index (χ0n) is 18.3. The van der Waals surface area contributed by atoms with Gasteiger partial charge in [-0.1, -0.05) is 18.7 Å². The fourth-order valence-corrected chi connectivity index (χ4v) is 4.92. The van der Waals surface area contributed by atoms with Gasteiger partial charge >= 0.3 is 5.97 Å². The molecule has 0 fully saturated rings. The number of aromatic nitrogens is 3. The van der Waals surface area contributed by atoms with Crippen molar-refractivity contribution in [3.63, 3.8) is 0 Å². The van der Waals surface area contributed by atoms with Crippen LogP contribution in [0.5, 0.6) is 0 Å². The van der Waals surface area contributed by atoms with Gasteiger partial charge in [0.2, 0.25) is 5.91 Å². The Hall–Kier alpha value is -2.59. The number of furan rings is 1. The quantitative estimate of drug-likeness (QED) is 0.359. The maximum atomic E-state index is 12.6. The number of nitrogens with zero attached hydrogens (tertiary/aromatic N) is 3. The highest BCUT2D eigenvalue weighted by Gasteiger charge is 2.23. The molecule has 31 heavy (non-hydrogen) atoms. The molecule has 10 heteroatoms. The Labute approximate surface area is 189 Å². The third kappa shape index (κ3) is 5.01. The van der Waals surface area contributed by atoms with Crippen LogP contribution in [0.15, 0.2) is 21.9 Å². The molecule has 0 radical (unpaired) electrons. The number of anilines is 1. The third-order valence-corrected chi connectivity index (χ3v) is 6.80. The number of hydrogen-bond donors (Lipinski definition) is 1. The summed E-state index contributed by atoms with van der Waals surface area (Å²) in [6.07, 6.45) is 2.53. The number of carbonyl (C=O) groups excluding carboxylic acids is 2. The van der Waals surface area contributed by atoms with Gasteiger partial charge in [-0.05, 0) is 45.7 Å². The molecule has 0 saturated heterocycles. The standard InChI is InChI=1S/C21H26N4O4S2/c1-6-9-25-18(15-8-10-29-13(15)4)23-24-21(25)30-11-16(26)22-19-17(20(27)28-7-2)12(3)14(5)31-19/h8,10H,6-7,9,11H2,1-5H3,(H,22,26). The van der Waals surface area contributed by atoms with E-state index in [4.69, 9.17) is 9.15 Å². The van der Waals surface area contributed by atoms with Crippen molar-refractivity contribution in [3.8, 4) is 11.4 Å². The zero-order valence-corrected chi connectivity index (χ0v) is 19.9. The molecule has 0 spiro atoms. The summed E-state index contributed by atoms with van der Waals surface area (Å²) in [6, 6.07) is 1.87. The first-order chi connectivity index (χ1) is 14.9. The second-order valence-corrected chi connectivity index (χ2v) is 9.06. The van der Waals surface area contributed by atoms with Crippen molar-refractivity contribution < 1.29 is 18.7 Å². The molecule has 0 bridgehead atoms. The number of esters is 1. The Morgan fingerprint density at radius 2 is 2.03 bits per heavy atom. The van der Waals surface area contributed by atoms with E-state index in [1.807, 2.05) is 31.4 Å². The van der Waals surface area contributed by atoms with Gasteiger partial charge in [-0.25, -0.2) is 4.79 Å². The summed E-state index contributed by atoms with van der Waals surface area (Å²) in [5.41, 5.74) is 2.14. The summed E-state index contributed by atoms with van der Waals surface area (Å²) in [5.74, 6) is 1.00. The number of thioether (sulfide) groups is 1. The molecular formula is C21H26N4O4S2. The maximum absolute atomic E-state index is 12.6. The number of aryl methyl sites for hydroxylation is 2. The van der Waals surface area contributed by atoms with Gasteiger partial charge in [-0.15, -0.1) is 21.5 Å². The summed E-state index contributed by atoms with van der Waals surface area (Å²) in [4.78, 5) is 25.9. The van der Waals surface area contributed by atoms with Crippen LogP contribution in [0.3, 0.4) is 0 Å². The molecule has 1 N–H and O–H groups in total. The lowest BCUT2D eigenvalue weighted by atomic mass is 10.1. The van der Waals surface area contributed by atoms with Crippen LogP contribution in [0.1, 0.15) is 46.8 Å². The van der Waals surface area contributed by atoms with Crippen LogP contribution in [-0.2, 0) is 16.1 Å².